The molecule has 0 spiro atoms. The van der Waals surface area contributed by atoms with Gasteiger partial charge in [-0.05, 0) is 25.1 Å². The first-order chi connectivity index (χ1) is 9.13. The van der Waals surface area contributed by atoms with Crippen LogP contribution in [0.15, 0.2) is 18.2 Å². The van der Waals surface area contributed by atoms with Crippen LogP contribution in [0.25, 0.3) is 0 Å². The summed E-state index contributed by atoms with van der Waals surface area (Å²) in [6, 6.07) is 3.26. The van der Waals surface area contributed by atoms with E-state index in [1.54, 1.807) is 7.11 Å². The molecule has 1 aromatic rings. The molecule has 1 rings (SSSR count). The number of ether oxygens (including phenoxy) is 1. The number of nitrogens with one attached hydrogen (secondary N) is 2. The van der Waals surface area contributed by atoms with E-state index < -0.39 is 11.6 Å². The fourth-order valence-corrected chi connectivity index (χ4v) is 1.47. The lowest BCUT2D eigenvalue weighted by Crippen LogP contribution is -2.23. The lowest BCUT2D eigenvalue weighted by Gasteiger charge is -2.06. The molecule has 4 nitrogen and oxygen atoms in total. The third kappa shape index (κ3) is 6.26. The Morgan fingerprint density at radius 2 is 2.05 bits per heavy atom. The summed E-state index contributed by atoms with van der Waals surface area (Å²) in [6.07, 6.45) is 1.15. The lowest BCUT2D eigenvalue weighted by atomic mass is 10.3. The molecule has 6 heteroatoms. The molecule has 1 aromatic carbocycles. The maximum atomic E-state index is 12.9. The van der Waals surface area contributed by atoms with E-state index in [1.165, 1.54) is 6.07 Å². The Balaban J connectivity index is 2.21. The number of rotatable bonds is 8. The molecule has 0 aromatic heterocycles. The van der Waals surface area contributed by atoms with Gasteiger partial charge in [0.2, 0.25) is 5.91 Å². The van der Waals surface area contributed by atoms with Crippen molar-refractivity contribution in [2.24, 2.45) is 0 Å². The van der Waals surface area contributed by atoms with Crippen molar-refractivity contribution in [2.75, 3.05) is 32.1 Å². The van der Waals surface area contributed by atoms with Crippen LogP contribution in [0.3, 0.4) is 0 Å². The fraction of sp³-hybridized carbons (Fsp3) is 0.462. The highest BCUT2D eigenvalue weighted by Crippen LogP contribution is 2.13. The number of anilines is 1. The smallest absolute Gasteiger partial charge is 0.225 e. The molecule has 106 valence electrons. The molecular formula is C13H18F2N2O2. The fourth-order valence-electron chi connectivity index (χ4n) is 1.47. The maximum Gasteiger partial charge on any atom is 0.225 e. The van der Waals surface area contributed by atoms with Crippen LogP contribution in [0.5, 0.6) is 0 Å². The second-order valence-corrected chi connectivity index (χ2v) is 4.02. The molecule has 0 saturated carbocycles. The van der Waals surface area contributed by atoms with Crippen molar-refractivity contribution in [2.45, 2.75) is 12.8 Å². The van der Waals surface area contributed by atoms with Crippen LogP contribution >= 0.6 is 0 Å². The van der Waals surface area contributed by atoms with Crippen LogP contribution in [-0.4, -0.2) is 32.7 Å². The molecule has 0 unspecified atom stereocenters. The Morgan fingerprint density at radius 1 is 1.26 bits per heavy atom. The van der Waals surface area contributed by atoms with E-state index in [-0.39, 0.29) is 18.0 Å². The van der Waals surface area contributed by atoms with Gasteiger partial charge in [0.1, 0.15) is 0 Å². The average molecular weight is 272 g/mol. The van der Waals surface area contributed by atoms with E-state index in [0.29, 0.717) is 13.2 Å². The van der Waals surface area contributed by atoms with Gasteiger partial charge in [0.25, 0.3) is 0 Å². The molecule has 0 aliphatic rings. The van der Waals surface area contributed by atoms with E-state index in [4.69, 9.17) is 4.74 Å². The first-order valence-corrected chi connectivity index (χ1v) is 6.08. The number of benzene rings is 1. The number of hydrogen-bond donors (Lipinski definition) is 2. The van der Waals surface area contributed by atoms with Crippen LogP contribution in [-0.2, 0) is 9.53 Å². The Labute approximate surface area is 111 Å². The normalized spacial score (nSPS) is 10.5. The maximum absolute atomic E-state index is 12.9. The summed E-state index contributed by atoms with van der Waals surface area (Å²) in [5.41, 5.74) is 0.253. The van der Waals surface area contributed by atoms with E-state index in [2.05, 4.69) is 10.6 Å². The Morgan fingerprint density at radius 3 is 2.74 bits per heavy atom. The Bertz CT molecular complexity index is 414. The van der Waals surface area contributed by atoms with Crippen molar-refractivity contribution in [1.82, 2.24) is 5.32 Å². The monoisotopic (exact) mass is 272 g/mol. The van der Waals surface area contributed by atoms with Gasteiger partial charge in [0.05, 0.1) is 0 Å². The predicted molar refractivity (Wildman–Crippen MR) is 69.0 cm³/mol. The SMILES string of the molecule is COCCCNCCC(=O)Nc1ccc(F)c(F)c1. The summed E-state index contributed by atoms with van der Waals surface area (Å²) in [5, 5.41) is 5.58. The molecule has 0 aliphatic carbocycles. The van der Waals surface area contributed by atoms with Crippen LogP contribution in [0.2, 0.25) is 0 Å². The zero-order valence-electron chi connectivity index (χ0n) is 10.8. The van der Waals surface area contributed by atoms with Gasteiger partial charge in [-0.1, -0.05) is 0 Å². The highest BCUT2D eigenvalue weighted by atomic mass is 19.2. The van der Waals surface area contributed by atoms with Gasteiger partial charge in [-0.3, -0.25) is 4.79 Å². The molecular weight excluding hydrogens is 254 g/mol. The van der Waals surface area contributed by atoms with Crippen LogP contribution < -0.4 is 10.6 Å². The van der Waals surface area contributed by atoms with Crippen LogP contribution in [0, 0.1) is 11.6 Å². The van der Waals surface area contributed by atoms with Crippen molar-refractivity contribution >= 4 is 11.6 Å². The zero-order chi connectivity index (χ0) is 14.1. The minimum Gasteiger partial charge on any atom is -0.385 e. The second kappa shape index (κ2) is 8.55. The predicted octanol–water partition coefficient (Wildman–Crippen LogP) is 1.92. The molecule has 0 radical (unpaired) electrons. The summed E-state index contributed by atoms with van der Waals surface area (Å²) in [4.78, 5) is 11.5. The topological polar surface area (TPSA) is 50.4 Å². The number of halogens is 2. The van der Waals surface area contributed by atoms with Crippen molar-refractivity contribution < 1.29 is 18.3 Å². The molecule has 0 fully saturated rings. The first kappa shape index (κ1) is 15.5. The summed E-state index contributed by atoms with van der Waals surface area (Å²) >= 11 is 0. The molecule has 19 heavy (non-hydrogen) atoms. The molecule has 0 saturated heterocycles. The van der Waals surface area contributed by atoms with Crippen molar-refractivity contribution in [3.8, 4) is 0 Å². The van der Waals surface area contributed by atoms with Gasteiger partial charge < -0.3 is 15.4 Å². The largest absolute Gasteiger partial charge is 0.385 e. The van der Waals surface area contributed by atoms with E-state index >= 15 is 0 Å². The molecule has 0 heterocycles. The number of carbonyl (C=O) groups is 1. The average Bonchev–Trinajstić information content (AvgIpc) is 2.38. The van der Waals surface area contributed by atoms with Gasteiger partial charge in [0.15, 0.2) is 11.6 Å². The van der Waals surface area contributed by atoms with E-state index in [1.807, 2.05) is 0 Å². The van der Waals surface area contributed by atoms with Gasteiger partial charge in [-0.2, -0.15) is 0 Å². The van der Waals surface area contributed by atoms with Gasteiger partial charge >= 0.3 is 0 Å². The molecule has 0 aliphatic heterocycles. The summed E-state index contributed by atoms with van der Waals surface area (Å²) < 4.78 is 30.5. The third-order valence-electron chi connectivity index (χ3n) is 2.43. The summed E-state index contributed by atoms with van der Waals surface area (Å²) in [6.45, 7) is 1.97. The third-order valence-corrected chi connectivity index (χ3v) is 2.43. The number of hydrogen-bond acceptors (Lipinski definition) is 3. The van der Waals surface area contributed by atoms with Gasteiger partial charge in [0, 0.05) is 38.4 Å². The van der Waals surface area contributed by atoms with E-state index in [0.717, 1.165) is 25.1 Å². The van der Waals surface area contributed by atoms with Crippen molar-refractivity contribution in [3.63, 3.8) is 0 Å². The number of carbonyl (C=O) groups excluding carboxylic acids is 1. The van der Waals surface area contributed by atoms with E-state index in [9.17, 15) is 13.6 Å². The van der Waals surface area contributed by atoms with Crippen molar-refractivity contribution in [1.29, 1.82) is 0 Å². The van der Waals surface area contributed by atoms with Crippen LogP contribution in [0.1, 0.15) is 12.8 Å². The Hall–Kier alpha value is -1.53. The second-order valence-electron chi connectivity index (χ2n) is 4.02. The first-order valence-electron chi connectivity index (χ1n) is 6.08. The minimum atomic E-state index is -0.976. The quantitative estimate of drug-likeness (QED) is 0.711. The summed E-state index contributed by atoms with van der Waals surface area (Å²) in [5.74, 6) is -2.15. The van der Waals surface area contributed by atoms with Crippen molar-refractivity contribution in [3.05, 3.63) is 29.8 Å². The van der Waals surface area contributed by atoms with Crippen LogP contribution in [0.4, 0.5) is 14.5 Å². The lowest BCUT2D eigenvalue weighted by molar-refractivity contribution is -0.116. The molecule has 2 N–H and O–H groups in total. The number of methoxy groups -OCH3 is 1. The standard InChI is InChI=1S/C13H18F2N2O2/c1-19-8-2-6-16-7-5-13(18)17-10-3-4-11(14)12(15)9-10/h3-4,9,16H,2,5-8H2,1H3,(H,17,18). The Kier molecular flexibility index (Phi) is 6.99. The number of amides is 1. The highest BCUT2D eigenvalue weighted by Gasteiger charge is 2.05. The zero-order valence-corrected chi connectivity index (χ0v) is 10.8. The highest BCUT2D eigenvalue weighted by molar-refractivity contribution is 5.90. The van der Waals surface area contributed by atoms with Gasteiger partial charge in [-0.15, -0.1) is 0 Å². The molecule has 0 atom stereocenters. The molecule has 1 amide bonds. The summed E-state index contributed by atoms with van der Waals surface area (Å²) in [7, 11) is 1.63. The minimum absolute atomic E-state index is 0.245. The molecule has 0 bridgehead atoms. The van der Waals surface area contributed by atoms with Gasteiger partial charge in [-0.25, -0.2) is 8.78 Å².